The van der Waals surface area contributed by atoms with Crippen molar-refractivity contribution >= 4 is 10.9 Å². The zero-order valence-electron chi connectivity index (χ0n) is 11.2. The summed E-state index contributed by atoms with van der Waals surface area (Å²) in [4.78, 5) is 6.81. The minimum absolute atomic E-state index is 0.228. The van der Waals surface area contributed by atoms with E-state index in [4.69, 9.17) is 0 Å². The molecule has 96 valence electrons. The molecule has 0 radical (unpaired) electrons. The third-order valence-corrected chi connectivity index (χ3v) is 3.29. The highest BCUT2D eigenvalue weighted by Crippen LogP contribution is 2.19. The number of nitrogens with zero attached hydrogens (tertiary/aromatic N) is 2. The molecule has 0 saturated carbocycles. The van der Waals surface area contributed by atoms with Gasteiger partial charge in [0.1, 0.15) is 5.82 Å². The maximum Gasteiger partial charge on any atom is 0.125 e. The Balaban J connectivity index is 2.49. The van der Waals surface area contributed by atoms with Crippen LogP contribution in [0.4, 0.5) is 4.39 Å². The van der Waals surface area contributed by atoms with Crippen molar-refractivity contribution in [3.05, 3.63) is 41.3 Å². The maximum atomic E-state index is 13.2. The first-order chi connectivity index (χ1) is 8.63. The van der Waals surface area contributed by atoms with Crippen LogP contribution in [0, 0.1) is 5.82 Å². The number of halogens is 1. The highest BCUT2D eigenvalue weighted by atomic mass is 19.1. The average Bonchev–Trinajstić information content (AvgIpc) is 2.37. The number of rotatable bonds is 4. The molecular weight excluding hydrogens is 227 g/mol. The van der Waals surface area contributed by atoms with Gasteiger partial charge in [-0.15, -0.1) is 0 Å². The van der Waals surface area contributed by atoms with Crippen LogP contribution in [-0.2, 0) is 13.0 Å². The Morgan fingerprint density at radius 3 is 2.67 bits per heavy atom. The third kappa shape index (κ3) is 2.67. The lowest BCUT2D eigenvalue weighted by molar-refractivity contribution is 0.340. The van der Waals surface area contributed by atoms with Gasteiger partial charge in [0, 0.05) is 18.0 Å². The first kappa shape index (κ1) is 13.0. The molecule has 1 heterocycles. The fourth-order valence-electron chi connectivity index (χ4n) is 2.03. The predicted octanol–water partition coefficient (Wildman–Crippen LogP) is 3.39. The molecule has 0 N–H and O–H groups in total. The zero-order valence-corrected chi connectivity index (χ0v) is 11.2. The maximum absolute atomic E-state index is 13.2. The van der Waals surface area contributed by atoms with Crippen LogP contribution in [0.2, 0.25) is 0 Å². The van der Waals surface area contributed by atoms with Gasteiger partial charge in [0.05, 0.1) is 11.2 Å². The van der Waals surface area contributed by atoms with Crippen molar-refractivity contribution in [2.24, 2.45) is 0 Å². The topological polar surface area (TPSA) is 16.1 Å². The van der Waals surface area contributed by atoms with Gasteiger partial charge in [-0.3, -0.25) is 4.98 Å². The van der Waals surface area contributed by atoms with Gasteiger partial charge in [-0.2, -0.15) is 0 Å². The SMILES string of the molecule is CCc1cc2ccc(F)cc2nc1CN(C)CC. The summed E-state index contributed by atoms with van der Waals surface area (Å²) >= 11 is 0. The summed E-state index contributed by atoms with van der Waals surface area (Å²) in [6, 6.07) is 6.91. The standard InChI is InChI=1S/C15H19FN2/c1-4-11-8-12-6-7-13(16)9-14(12)17-15(11)10-18(3)5-2/h6-9H,4-5,10H2,1-3H3. The summed E-state index contributed by atoms with van der Waals surface area (Å²) in [7, 11) is 2.07. The molecule has 0 aliphatic rings. The fourth-order valence-corrected chi connectivity index (χ4v) is 2.03. The summed E-state index contributed by atoms with van der Waals surface area (Å²) in [6.45, 7) is 6.03. The molecule has 0 saturated heterocycles. The van der Waals surface area contributed by atoms with E-state index >= 15 is 0 Å². The minimum atomic E-state index is -0.228. The molecule has 2 nitrogen and oxygen atoms in total. The molecule has 2 aromatic rings. The van der Waals surface area contributed by atoms with Crippen LogP contribution in [0.15, 0.2) is 24.3 Å². The van der Waals surface area contributed by atoms with Crippen molar-refractivity contribution in [2.75, 3.05) is 13.6 Å². The molecule has 2 rings (SSSR count). The zero-order chi connectivity index (χ0) is 13.1. The smallest absolute Gasteiger partial charge is 0.125 e. The van der Waals surface area contributed by atoms with Gasteiger partial charge in [-0.1, -0.05) is 13.8 Å². The number of fused-ring (bicyclic) bond motifs is 1. The van der Waals surface area contributed by atoms with E-state index in [0.717, 1.165) is 36.1 Å². The second kappa shape index (κ2) is 5.44. The van der Waals surface area contributed by atoms with Crippen LogP contribution >= 0.6 is 0 Å². The van der Waals surface area contributed by atoms with Gasteiger partial charge in [0.15, 0.2) is 0 Å². The summed E-state index contributed by atoms with van der Waals surface area (Å²) in [5.74, 6) is -0.228. The number of pyridine rings is 1. The molecular formula is C15H19FN2. The van der Waals surface area contributed by atoms with Crippen LogP contribution in [0.1, 0.15) is 25.1 Å². The Labute approximate surface area is 107 Å². The molecule has 0 unspecified atom stereocenters. The van der Waals surface area contributed by atoms with Gasteiger partial charge < -0.3 is 4.90 Å². The second-order valence-corrected chi connectivity index (χ2v) is 4.62. The summed E-state index contributed by atoms with van der Waals surface area (Å²) in [5.41, 5.74) is 3.04. The number of hydrogen-bond donors (Lipinski definition) is 0. The Morgan fingerprint density at radius 1 is 1.22 bits per heavy atom. The average molecular weight is 246 g/mol. The molecule has 0 spiro atoms. The van der Waals surface area contributed by atoms with Crippen molar-refractivity contribution < 1.29 is 4.39 Å². The van der Waals surface area contributed by atoms with Gasteiger partial charge in [0.25, 0.3) is 0 Å². The Kier molecular flexibility index (Phi) is 3.92. The molecule has 0 aliphatic carbocycles. The van der Waals surface area contributed by atoms with Crippen LogP contribution in [0.5, 0.6) is 0 Å². The Bertz CT molecular complexity index is 551. The van der Waals surface area contributed by atoms with Crippen molar-refractivity contribution in [2.45, 2.75) is 26.8 Å². The highest BCUT2D eigenvalue weighted by Gasteiger charge is 2.08. The lowest BCUT2D eigenvalue weighted by Crippen LogP contribution is -2.18. The monoisotopic (exact) mass is 246 g/mol. The molecule has 0 bridgehead atoms. The van der Waals surface area contributed by atoms with E-state index in [0.29, 0.717) is 0 Å². The molecule has 1 aromatic carbocycles. The third-order valence-electron chi connectivity index (χ3n) is 3.29. The normalized spacial score (nSPS) is 11.4. The first-order valence-corrected chi connectivity index (χ1v) is 6.40. The van der Waals surface area contributed by atoms with Gasteiger partial charge in [-0.05, 0) is 43.8 Å². The molecule has 0 amide bonds. The van der Waals surface area contributed by atoms with E-state index in [1.165, 1.54) is 17.7 Å². The second-order valence-electron chi connectivity index (χ2n) is 4.62. The fraction of sp³-hybridized carbons (Fsp3) is 0.400. The predicted molar refractivity (Wildman–Crippen MR) is 73.1 cm³/mol. The van der Waals surface area contributed by atoms with E-state index in [1.54, 1.807) is 6.07 Å². The molecule has 0 atom stereocenters. The van der Waals surface area contributed by atoms with Gasteiger partial charge in [0.2, 0.25) is 0 Å². The molecule has 1 aromatic heterocycles. The highest BCUT2D eigenvalue weighted by molar-refractivity contribution is 5.79. The van der Waals surface area contributed by atoms with Crippen LogP contribution in [0.25, 0.3) is 10.9 Å². The quantitative estimate of drug-likeness (QED) is 0.822. The number of aryl methyl sites for hydroxylation is 1. The Morgan fingerprint density at radius 2 is 2.00 bits per heavy atom. The summed E-state index contributed by atoms with van der Waals surface area (Å²) in [5, 5.41) is 1.01. The van der Waals surface area contributed by atoms with E-state index < -0.39 is 0 Å². The van der Waals surface area contributed by atoms with Crippen LogP contribution in [-0.4, -0.2) is 23.5 Å². The van der Waals surface area contributed by atoms with Crippen LogP contribution < -0.4 is 0 Å². The van der Waals surface area contributed by atoms with Gasteiger partial charge in [-0.25, -0.2) is 4.39 Å². The van der Waals surface area contributed by atoms with Crippen LogP contribution in [0.3, 0.4) is 0 Å². The Hall–Kier alpha value is -1.48. The summed E-state index contributed by atoms with van der Waals surface area (Å²) < 4.78 is 13.2. The lowest BCUT2D eigenvalue weighted by Gasteiger charge is -2.16. The van der Waals surface area contributed by atoms with E-state index in [-0.39, 0.29) is 5.82 Å². The van der Waals surface area contributed by atoms with E-state index in [2.05, 4.69) is 36.8 Å². The molecule has 0 aliphatic heterocycles. The molecule has 3 heteroatoms. The lowest BCUT2D eigenvalue weighted by atomic mass is 10.1. The van der Waals surface area contributed by atoms with E-state index in [9.17, 15) is 4.39 Å². The minimum Gasteiger partial charge on any atom is -0.301 e. The summed E-state index contributed by atoms with van der Waals surface area (Å²) in [6.07, 6.45) is 0.952. The largest absolute Gasteiger partial charge is 0.301 e. The van der Waals surface area contributed by atoms with Crippen molar-refractivity contribution in [3.8, 4) is 0 Å². The van der Waals surface area contributed by atoms with E-state index in [1.807, 2.05) is 0 Å². The number of aromatic nitrogens is 1. The number of benzene rings is 1. The van der Waals surface area contributed by atoms with Gasteiger partial charge >= 0.3 is 0 Å². The number of hydrogen-bond acceptors (Lipinski definition) is 2. The van der Waals surface area contributed by atoms with Crippen molar-refractivity contribution in [3.63, 3.8) is 0 Å². The molecule has 0 fully saturated rings. The van der Waals surface area contributed by atoms with Crippen molar-refractivity contribution in [1.29, 1.82) is 0 Å². The first-order valence-electron chi connectivity index (χ1n) is 6.40. The molecule has 18 heavy (non-hydrogen) atoms. The van der Waals surface area contributed by atoms with Crippen molar-refractivity contribution in [1.82, 2.24) is 9.88 Å².